The predicted molar refractivity (Wildman–Crippen MR) is 98.3 cm³/mol. The molecule has 0 saturated heterocycles. The number of aliphatic hydroxyl groups excluding tert-OH is 1. The van der Waals surface area contributed by atoms with Crippen molar-refractivity contribution in [2.45, 2.75) is 40.0 Å². The Bertz CT molecular complexity index is 1060. The van der Waals surface area contributed by atoms with E-state index in [2.05, 4.69) is 10.2 Å². The molecule has 1 aromatic carbocycles. The van der Waals surface area contributed by atoms with Gasteiger partial charge in [-0.05, 0) is 60.7 Å². The first kappa shape index (κ1) is 20.8. The molecule has 3 aromatic rings. The van der Waals surface area contributed by atoms with Crippen LogP contribution in [0.4, 0.5) is 13.2 Å². The molecule has 0 spiro atoms. The summed E-state index contributed by atoms with van der Waals surface area (Å²) in [7, 11) is 0. The Labute approximate surface area is 164 Å². The van der Waals surface area contributed by atoms with E-state index >= 15 is 0 Å². The number of carbonyl (C=O) groups excluding carboxylic acids is 1. The number of halogens is 3. The van der Waals surface area contributed by atoms with Gasteiger partial charge in [-0.1, -0.05) is 13.0 Å². The zero-order valence-corrected chi connectivity index (χ0v) is 16.1. The van der Waals surface area contributed by atoms with Gasteiger partial charge in [0.15, 0.2) is 5.65 Å². The first-order valence-corrected chi connectivity index (χ1v) is 8.94. The molecule has 29 heavy (non-hydrogen) atoms. The van der Waals surface area contributed by atoms with Crippen LogP contribution in [0.3, 0.4) is 0 Å². The Balaban J connectivity index is 1.78. The fourth-order valence-corrected chi connectivity index (χ4v) is 3.05. The molecule has 1 atom stereocenters. The molecule has 0 saturated carbocycles. The SMILES string of the molecule is Cc1ccc(OC(=O)C(C)Cc2ccn3c(C(F)(F)F)nnc3c2C)cc1CO. The van der Waals surface area contributed by atoms with Crippen LogP contribution < -0.4 is 4.74 Å². The van der Waals surface area contributed by atoms with E-state index in [1.165, 1.54) is 12.3 Å². The number of nitrogens with zero attached hydrogens (tertiary/aromatic N) is 3. The number of rotatable bonds is 5. The van der Waals surface area contributed by atoms with E-state index in [1.54, 1.807) is 32.0 Å². The molecular formula is C20H20F3N3O3. The number of hydrogen-bond acceptors (Lipinski definition) is 5. The molecular weight excluding hydrogens is 387 g/mol. The van der Waals surface area contributed by atoms with Gasteiger partial charge in [0.25, 0.3) is 0 Å². The Hall–Kier alpha value is -2.94. The highest BCUT2D eigenvalue weighted by atomic mass is 19.4. The summed E-state index contributed by atoms with van der Waals surface area (Å²) in [5.74, 6) is -1.78. The highest BCUT2D eigenvalue weighted by Gasteiger charge is 2.37. The summed E-state index contributed by atoms with van der Waals surface area (Å²) in [6, 6.07) is 6.53. The number of aryl methyl sites for hydroxylation is 2. The Kier molecular flexibility index (Phi) is 5.61. The first-order chi connectivity index (χ1) is 13.6. The van der Waals surface area contributed by atoms with Gasteiger partial charge >= 0.3 is 12.1 Å². The van der Waals surface area contributed by atoms with Crippen molar-refractivity contribution in [3.05, 3.63) is 58.5 Å². The smallest absolute Gasteiger partial charge is 0.426 e. The molecule has 0 aliphatic rings. The standard InChI is InChI=1S/C20H20F3N3O3/c1-11-4-5-16(9-15(11)10-27)29-18(28)12(2)8-14-6-7-26-17(13(14)3)24-25-19(26)20(21,22)23/h4-7,9,12,27H,8,10H2,1-3H3. The molecule has 3 rings (SSSR count). The Morgan fingerprint density at radius 1 is 1.21 bits per heavy atom. The average molecular weight is 407 g/mol. The number of ether oxygens (including phenoxy) is 1. The summed E-state index contributed by atoms with van der Waals surface area (Å²) >= 11 is 0. The topological polar surface area (TPSA) is 76.7 Å². The van der Waals surface area contributed by atoms with Gasteiger partial charge in [-0.3, -0.25) is 9.20 Å². The van der Waals surface area contributed by atoms with E-state index in [4.69, 9.17) is 4.74 Å². The fraction of sp³-hybridized carbons (Fsp3) is 0.350. The maximum absolute atomic E-state index is 13.0. The van der Waals surface area contributed by atoms with Crippen molar-refractivity contribution in [1.82, 2.24) is 14.6 Å². The van der Waals surface area contributed by atoms with Crippen molar-refractivity contribution < 1.29 is 27.8 Å². The maximum Gasteiger partial charge on any atom is 0.452 e. The number of hydrogen-bond donors (Lipinski definition) is 1. The highest BCUT2D eigenvalue weighted by molar-refractivity contribution is 5.75. The molecule has 154 valence electrons. The molecule has 9 heteroatoms. The minimum absolute atomic E-state index is 0.0986. The van der Waals surface area contributed by atoms with Gasteiger partial charge in [-0.25, -0.2) is 0 Å². The summed E-state index contributed by atoms with van der Waals surface area (Å²) in [5.41, 5.74) is 2.85. The second kappa shape index (κ2) is 7.82. The summed E-state index contributed by atoms with van der Waals surface area (Å²) in [6.07, 6.45) is -3.08. The first-order valence-electron chi connectivity index (χ1n) is 8.94. The lowest BCUT2D eigenvalue weighted by molar-refractivity contribution is -0.145. The number of esters is 1. The highest BCUT2D eigenvalue weighted by Crippen LogP contribution is 2.29. The molecule has 0 bridgehead atoms. The van der Waals surface area contributed by atoms with Crippen LogP contribution in [0.5, 0.6) is 5.75 Å². The van der Waals surface area contributed by atoms with E-state index in [-0.39, 0.29) is 18.7 Å². The lowest BCUT2D eigenvalue weighted by Gasteiger charge is -2.14. The van der Waals surface area contributed by atoms with Gasteiger partial charge in [0.2, 0.25) is 5.82 Å². The molecule has 0 aliphatic carbocycles. The molecule has 0 aliphatic heterocycles. The number of pyridine rings is 1. The third-order valence-electron chi connectivity index (χ3n) is 4.83. The minimum Gasteiger partial charge on any atom is -0.426 e. The molecule has 1 unspecified atom stereocenters. The van der Waals surface area contributed by atoms with Crippen LogP contribution in [-0.2, 0) is 24.0 Å². The number of aliphatic hydroxyl groups is 1. The molecule has 6 nitrogen and oxygen atoms in total. The number of benzene rings is 1. The molecule has 0 amide bonds. The Morgan fingerprint density at radius 2 is 1.93 bits per heavy atom. The van der Waals surface area contributed by atoms with Crippen molar-refractivity contribution in [3.63, 3.8) is 0 Å². The van der Waals surface area contributed by atoms with Gasteiger partial charge in [0, 0.05) is 6.20 Å². The zero-order valence-electron chi connectivity index (χ0n) is 16.1. The third kappa shape index (κ3) is 4.24. The monoisotopic (exact) mass is 407 g/mol. The largest absolute Gasteiger partial charge is 0.452 e. The van der Waals surface area contributed by atoms with Crippen molar-refractivity contribution >= 4 is 11.6 Å². The molecule has 2 heterocycles. The van der Waals surface area contributed by atoms with Crippen molar-refractivity contribution in [3.8, 4) is 5.75 Å². The van der Waals surface area contributed by atoms with E-state index in [9.17, 15) is 23.1 Å². The quantitative estimate of drug-likeness (QED) is 0.516. The average Bonchev–Trinajstić information content (AvgIpc) is 3.10. The van der Waals surface area contributed by atoms with E-state index in [0.29, 0.717) is 22.4 Å². The van der Waals surface area contributed by atoms with Gasteiger partial charge < -0.3 is 9.84 Å². The van der Waals surface area contributed by atoms with Crippen molar-refractivity contribution in [1.29, 1.82) is 0 Å². The van der Waals surface area contributed by atoms with Crippen molar-refractivity contribution in [2.75, 3.05) is 0 Å². The van der Waals surface area contributed by atoms with Gasteiger partial charge in [0.05, 0.1) is 12.5 Å². The van der Waals surface area contributed by atoms with Crippen LogP contribution in [0.2, 0.25) is 0 Å². The minimum atomic E-state index is -4.61. The second-order valence-corrected chi connectivity index (χ2v) is 6.95. The van der Waals surface area contributed by atoms with Crippen LogP contribution in [0.1, 0.15) is 35.0 Å². The van der Waals surface area contributed by atoms with Crippen LogP contribution in [0.25, 0.3) is 5.65 Å². The molecule has 2 aromatic heterocycles. The van der Waals surface area contributed by atoms with E-state index in [1.807, 2.05) is 6.92 Å². The molecule has 0 fully saturated rings. The number of aromatic nitrogens is 3. The lowest BCUT2D eigenvalue weighted by atomic mass is 9.98. The summed E-state index contributed by atoms with van der Waals surface area (Å²) in [6.45, 7) is 5.00. The number of alkyl halides is 3. The summed E-state index contributed by atoms with van der Waals surface area (Å²) in [5, 5.41) is 16.2. The number of fused-ring (bicyclic) bond motifs is 1. The second-order valence-electron chi connectivity index (χ2n) is 6.95. The summed E-state index contributed by atoms with van der Waals surface area (Å²) in [4.78, 5) is 12.4. The van der Waals surface area contributed by atoms with Crippen LogP contribution in [0.15, 0.2) is 30.5 Å². The summed E-state index contributed by atoms with van der Waals surface area (Å²) < 4.78 is 45.2. The molecule has 1 N–H and O–H groups in total. The van der Waals surface area contributed by atoms with E-state index < -0.39 is 23.9 Å². The normalized spacial score (nSPS) is 12.9. The maximum atomic E-state index is 13.0. The van der Waals surface area contributed by atoms with E-state index in [0.717, 1.165) is 9.96 Å². The van der Waals surface area contributed by atoms with Crippen LogP contribution >= 0.6 is 0 Å². The van der Waals surface area contributed by atoms with Crippen LogP contribution in [0, 0.1) is 19.8 Å². The van der Waals surface area contributed by atoms with Gasteiger partial charge in [-0.15, -0.1) is 10.2 Å². The molecule has 0 radical (unpaired) electrons. The van der Waals surface area contributed by atoms with Crippen molar-refractivity contribution in [2.24, 2.45) is 5.92 Å². The predicted octanol–water partition coefficient (Wildman–Crippen LogP) is 3.64. The third-order valence-corrected chi connectivity index (χ3v) is 4.83. The van der Waals surface area contributed by atoms with Crippen LogP contribution in [-0.4, -0.2) is 25.7 Å². The Morgan fingerprint density at radius 3 is 2.59 bits per heavy atom. The van der Waals surface area contributed by atoms with Gasteiger partial charge in [-0.2, -0.15) is 13.2 Å². The number of carbonyl (C=O) groups is 1. The lowest BCUT2D eigenvalue weighted by Crippen LogP contribution is -2.20. The van der Waals surface area contributed by atoms with Gasteiger partial charge in [0.1, 0.15) is 5.75 Å². The zero-order chi connectivity index (χ0) is 21.3. The fourth-order valence-electron chi connectivity index (χ4n) is 3.05.